The van der Waals surface area contributed by atoms with Gasteiger partial charge in [0.2, 0.25) is 6.29 Å². The van der Waals surface area contributed by atoms with Crippen LogP contribution in [0.1, 0.15) is 13.3 Å². The maximum absolute atomic E-state index is 11.2. The van der Waals surface area contributed by atoms with Gasteiger partial charge < -0.3 is 145 Å². The van der Waals surface area contributed by atoms with E-state index in [-0.39, 0.29) is 107 Å². The fourth-order valence-corrected chi connectivity index (χ4v) is 5.34. The van der Waals surface area contributed by atoms with E-state index in [0.29, 0.717) is 6.42 Å². The second kappa shape index (κ2) is 22.4. The topological polar surface area (TPSA) is 295 Å². The first kappa shape index (κ1) is 48.2. The molecule has 1 saturated carbocycles. The van der Waals surface area contributed by atoms with Crippen molar-refractivity contribution in [2.75, 3.05) is 33.0 Å². The highest BCUT2D eigenvalue weighted by Crippen LogP contribution is 2.32. The summed E-state index contributed by atoms with van der Waals surface area (Å²) < 4.78 is 36.3. The van der Waals surface area contributed by atoms with Crippen LogP contribution in [-0.4, -0.2) is 150 Å². The summed E-state index contributed by atoms with van der Waals surface area (Å²) in [6, 6.07) is -2.01. The Morgan fingerprint density at radius 2 is 1.19 bits per heavy atom. The van der Waals surface area contributed by atoms with Gasteiger partial charge in [0.1, 0.15) is 79.6 Å². The normalized spacial score (nSPS) is 42.6. The zero-order valence-corrected chi connectivity index (χ0v) is 27.8. The van der Waals surface area contributed by atoms with Gasteiger partial charge in [0, 0.05) is 0 Å². The molecule has 3 fully saturated rings. The molecular formula is C22H50Cl5N5O11. The quantitative estimate of drug-likeness (QED) is 0.0950. The maximum Gasteiger partial charge on any atom is 0.214 e. The van der Waals surface area contributed by atoms with Gasteiger partial charge in [-0.1, -0.05) is 0 Å². The fraction of sp³-hybridized carbons (Fsp3) is 1.00. The van der Waals surface area contributed by atoms with E-state index in [0.717, 1.165) is 0 Å². The molecule has 2 saturated heterocycles. The van der Waals surface area contributed by atoms with Crippen molar-refractivity contribution in [3.63, 3.8) is 0 Å². The third-order valence-corrected chi connectivity index (χ3v) is 7.68. The van der Waals surface area contributed by atoms with Gasteiger partial charge >= 0.3 is 0 Å². The number of halogens is 5. The van der Waals surface area contributed by atoms with Crippen molar-refractivity contribution in [1.29, 1.82) is 0 Å². The van der Waals surface area contributed by atoms with Gasteiger partial charge in [-0.3, -0.25) is 0 Å². The molecule has 0 aromatic carbocycles. The van der Waals surface area contributed by atoms with Crippen LogP contribution in [0.4, 0.5) is 0 Å². The van der Waals surface area contributed by atoms with E-state index < -0.39 is 79.6 Å². The van der Waals surface area contributed by atoms with Gasteiger partial charge in [0.15, 0.2) is 12.3 Å². The van der Waals surface area contributed by atoms with Crippen LogP contribution in [0.5, 0.6) is 0 Å². The van der Waals surface area contributed by atoms with Crippen LogP contribution in [-0.2, 0) is 28.4 Å². The van der Waals surface area contributed by atoms with Crippen LogP contribution < -0.4 is 90.7 Å². The van der Waals surface area contributed by atoms with Gasteiger partial charge in [-0.25, -0.2) is 0 Å². The molecule has 16 nitrogen and oxygen atoms in total. The maximum atomic E-state index is 11.2. The van der Waals surface area contributed by atoms with E-state index >= 15 is 0 Å². The average molecular weight is 738 g/mol. The standard InChI is InChI=1S/C22H45N5O11.5ClH/c1-8-12(26)18(33-4-2-28)20(34-5-3-29)22(35-8)38-19-14(30)9(24)6-10(25)17(19)37-21-13(27)16(32)15(31)11(7-23)36-21;;;;;/h8-22,28-32H,2-7,23-27H2,1H3;5*1H/t8-,9-,10+,11-,12-,13-,14+,15-,16-,17-,18+,19-,20-,21-,22+;;;;;/m1...../s1. The minimum absolute atomic E-state index is 0. The first-order valence-electron chi connectivity index (χ1n) is 13.3. The van der Waals surface area contributed by atoms with Crippen LogP contribution in [0.3, 0.4) is 0 Å². The van der Waals surface area contributed by atoms with Crippen LogP contribution in [0.25, 0.3) is 0 Å². The van der Waals surface area contributed by atoms with Crippen molar-refractivity contribution in [2.24, 2.45) is 0 Å². The molecule has 3 aliphatic rings. The summed E-state index contributed by atoms with van der Waals surface area (Å²) in [5.74, 6) is 0. The van der Waals surface area contributed by atoms with Crippen LogP contribution in [0, 0.1) is 0 Å². The number of hydrogen-bond donors (Lipinski definition) is 10. The van der Waals surface area contributed by atoms with Gasteiger partial charge in [-0.15, -0.1) is 0 Å². The first-order chi connectivity index (χ1) is 18.0. The molecule has 0 radical (unpaired) electrons. The predicted molar refractivity (Wildman–Crippen MR) is 123 cm³/mol. The minimum atomic E-state index is -1.20. The van der Waals surface area contributed by atoms with Crippen molar-refractivity contribution in [2.45, 2.75) is 105 Å². The molecule has 264 valence electrons. The number of hydrogen-bond acceptors (Lipinski definition) is 11. The molecule has 1 aliphatic carbocycles. The van der Waals surface area contributed by atoms with Crippen molar-refractivity contribution >= 4 is 0 Å². The molecule has 0 unspecified atom stereocenters. The summed E-state index contributed by atoms with van der Waals surface area (Å²) in [6.07, 6.45) is -9.55. The van der Waals surface area contributed by atoms with Crippen molar-refractivity contribution in [3.8, 4) is 0 Å². The van der Waals surface area contributed by atoms with Crippen molar-refractivity contribution < 1.29 is 145 Å². The molecule has 0 aromatic heterocycles. The van der Waals surface area contributed by atoms with E-state index in [4.69, 9.17) is 28.4 Å². The van der Waals surface area contributed by atoms with Crippen molar-refractivity contribution in [1.82, 2.24) is 0 Å². The Kier molecular flexibility index (Phi) is 25.1. The Hall–Kier alpha value is 0.810. The zero-order chi connectivity index (χ0) is 28.1. The fourth-order valence-electron chi connectivity index (χ4n) is 5.34. The summed E-state index contributed by atoms with van der Waals surface area (Å²) in [7, 11) is 0. The molecule has 21 heteroatoms. The van der Waals surface area contributed by atoms with Gasteiger partial charge in [-0.05, 0) is 6.92 Å². The molecule has 0 aromatic rings. The van der Waals surface area contributed by atoms with E-state index in [2.05, 4.69) is 28.7 Å². The van der Waals surface area contributed by atoms with Crippen LogP contribution in [0.2, 0.25) is 0 Å². The van der Waals surface area contributed by atoms with Gasteiger partial charge in [-0.2, -0.15) is 0 Å². The largest absolute Gasteiger partial charge is 1.00 e. The highest BCUT2D eigenvalue weighted by atomic mass is 35.5. The SMILES string of the molecule is C[C@H]1O[C@@H](O[C@@H]2[C@@H](O)[C@H]([NH3+])C[C@H]([NH3+])[C@H]2O[C@H]2O[C@H](C[NH3+])[C@@H](O)[C@H](O)[C@H]2[NH3+])[C@H](OCCO)[C@@H](OCCO)[C@@H]1[NH3+].[Cl-].[Cl-].[Cl-].[Cl-].[Cl-]. The lowest BCUT2D eigenvalue weighted by Crippen LogP contribution is -3.00. The van der Waals surface area contributed by atoms with Crippen LogP contribution >= 0.6 is 0 Å². The second-order valence-electron chi connectivity index (χ2n) is 10.4. The van der Waals surface area contributed by atoms with E-state index in [1.54, 1.807) is 6.92 Å². The monoisotopic (exact) mass is 735 g/mol. The second-order valence-corrected chi connectivity index (χ2v) is 10.4. The molecular weight excluding hydrogens is 688 g/mol. The van der Waals surface area contributed by atoms with Crippen LogP contribution in [0.15, 0.2) is 0 Å². The molecule has 2 heterocycles. The first-order valence-corrected chi connectivity index (χ1v) is 13.3. The van der Waals surface area contributed by atoms with E-state index in [9.17, 15) is 25.5 Å². The third kappa shape index (κ3) is 11.5. The molecule has 15 atom stereocenters. The number of aliphatic hydroxyl groups is 5. The number of rotatable bonds is 11. The summed E-state index contributed by atoms with van der Waals surface area (Å²) in [5, 5.41) is 50.6. The number of quaternary nitrogens is 5. The third-order valence-electron chi connectivity index (χ3n) is 7.68. The summed E-state index contributed by atoms with van der Waals surface area (Å²) in [5.41, 5.74) is 20.1. The minimum Gasteiger partial charge on any atom is -1.00 e. The lowest BCUT2D eigenvalue weighted by molar-refractivity contribution is -0.539. The average Bonchev–Trinajstić information content (AvgIpc) is 2.89. The summed E-state index contributed by atoms with van der Waals surface area (Å²) in [6.45, 7) is 1.57. The Bertz CT molecular complexity index is 737. The molecule has 43 heavy (non-hydrogen) atoms. The Labute approximate surface area is 282 Å². The summed E-state index contributed by atoms with van der Waals surface area (Å²) in [4.78, 5) is 0. The number of aliphatic hydroxyl groups excluding tert-OH is 5. The lowest BCUT2D eigenvalue weighted by Gasteiger charge is -2.47. The van der Waals surface area contributed by atoms with E-state index in [1.165, 1.54) is 0 Å². The smallest absolute Gasteiger partial charge is 0.214 e. The van der Waals surface area contributed by atoms with Gasteiger partial charge in [0.25, 0.3) is 0 Å². The molecule has 2 aliphatic heterocycles. The Balaban J connectivity index is -0.00000320. The highest BCUT2D eigenvalue weighted by molar-refractivity contribution is 4.98. The highest BCUT2D eigenvalue weighted by Gasteiger charge is 2.55. The van der Waals surface area contributed by atoms with Gasteiger partial charge in [0.05, 0.1) is 32.8 Å². The predicted octanol–water partition coefficient (Wildman–Crippen LogP) is -24.8. The summed E-state index contributed by atoms with van der Waals surface area (Å²) >= 11 is 0. The van der Waals surface area contributed by atoms with E-state index in [1.807, 2.05) is 0 Å². The molecule has 20 N–H and O–H groups in total. The zero-order valence-electron chi connectivity index (χ0n) is 24.0. The van der Waals surface area contributed by atoms with Crippen molar-refractivity contribution in [3.05, 3.63) is 0 Å². The Morgan fingerprint density at radius 1 is 0.651 bits per heavy atom. The molecule has 3 rings (SSSR count). The lowest BCUT2D eigenvalue weighted by atomic mass is 9.84. The molecule has 0 bridgehead atoms. The Morgan fingerprint density at radius 3 is 1.72 bits per heavy atom. The number of ether oxygens (including phenoxy) is 6. The molecule has 0 amide bonds. The molecule has 0 spiro atoms.